The fourth-order valence-electron chi connectivity index (χ4n) is 4.84. The summed E-state index contributed by atoms with van der Waals surface area (Å²) in [6.45, 7) is 7.27. The van der Waals surface area contributed by atoms with E-state index < -0.39 is 23.5 Å². The lowest BCUT2D eigenvalue weighted by Gasteiger charge is -2.27. The molecule has 0 saturated carbocycles. The summed E-state index contributed by atoms with van der Waals surface area (Å²) >= 11 is 1.18. The Hall–Kier alpha value is -3.00. The number of hydrogen-bond donors (Lipinski definition) is 0. The van der Waals surface area contributed by atoms with Gasteiger partial charge in [-0.3, -0.25) is 4.79 Å². The summed E-state index contributed by atoms with van der Waals surface area (Å²) in [7, 11) is 1.39. The van der Waals surface area contributed by atoms with Crippen LogP contribution in [0.5, 0.6) is 5.75 Å². The van der Waals surface area contributed by atoms with Crippen molar-refractivity contribution in [2.75, 3.05) is 7.11 Å². The minimum atomic E-state index is -4.57. The van der Waals surface area contributed by atoms with Gasteiger partial charge < -0.3 is 9.64 Å². The molecule has 0 bridgehead atoms. The van der Waals surface area contributed by atoms with Gasteiger partial charge in [0, 0.05) is 24.2 Å². The second-order valence-corrected chi connectivity index (χ2v) is 10.8. The number of thioether (sulfide) groups is 1. The van der Waals surface area contributed by atoms with Gasteiger partial charge in [-0.2, -0.15) is 13.2 Å². The molecular formula is C29H29F4NO2S. The fraction of sp³-hybridized carbons (Fsp3) is 0.345. The third-order valence-electron chi connectivity index (χ3n) is 6.76. The Balaban J connectivity index is 1.84. The Bertz CT molecular complexity index is 1320. The number of hydrogen-bond acceptors (Lipinski definition) is 3. The summed E-state index contributed by atoms with van der Waals surface area (Å²) < 4.78 is 61.8. The van der Waals surface area contributed by atoms with Crippen molar-refractivity contribution < 1.29 is 27.1 Å². The van der Waals surface area contributed by atoms with Crippen molar-refractivity contribution in [3.8, 4) is 16.9 Å². The number of alkyl halides is 3. The standard InChI is InChI=1S/C29H29F4NO2S/c1-16(2)23-14-24(22-10-9-21(30)13-26(22)36-5)20(12-25(23)29(31,32)33)15-34-18(4)27(37-28(34)35)19-8-6-7-17(3)11-19/h6-14,16,18,27H,15H2,1-5H3. The van der Waals surface area contributed by atoms with E-state index in [1.54, 1.807) is 18.7 Å². The molecule has 1 saturated heterocycles. The van der Waals surface area contributed by atoms with E-state index in [4.69, 9.17) is 4.74 Å². The van der Waals surface area contributed by atoms with E-state index in [-0.39, 0.29) is 34.4 Å². The number of rotatable bonds is 6. The quantitative estimate of drug-likeness (QED) is 0.298. The lowest BCUT2D eigenvalue weighted by atomic mass is 9.88. The second-order valence-electron chi connectivity index (χ2n) is 9.68. The molecule has 0 spiro atoms. The van der Waals surface area contributed by atoms with Crippen LogP contribution in [0, 0.1) is 12.7 Å². The van der Waals surface area contributed by atoms with Gasteiger partial charge in [0.05, 0.1) is 17.9 Å². The van der Waals surface area contributed by atoms with Gasteiger partial charge in [-0.1, -0.05) is 55.4 Å². The van der Waals surface area contributed by atoms with Crippen LogP contribution in [-0.4, -0.2) is 23.3 Å². The summed E-state index contributed by atoms with van der Waals surface area (Å²) in [6.07, 6.45) is -4.57. The maximum absolute atomic E-state index is 14.2. The molecular weight excluding hydrogens is 502 g/mol. The zero-order chi connectivity index (χ0) is 27.1. The van der Waals surface area contributed by atoms with E-state index in [9.17, 15) is 22.4 Å². The number of carbonyl (C=O) groups excluding carboxylic acids is 1. The molecule has 8 heteroatoms. The number of halogens is 4. The Morgan fingerprint density at radius 3 is 2.41 bits per heavy atom. The van der Waals surface area contributed by atoms with Crippen LogP contribution in [0.25, 0.3) is 11.1 Å². The zero-order valence-corrected chi connectivity index (χ0v) is 22.1. The Labute approximate surface area is 218 Å². The molecule has 1 aliphatic heterocycles. The first-order chi connectivity index (χ1) is 17.4. The summed E-state index contributed by atoms with van der Waals surface area (Å²) in [6, 6.07) is 14.3. The number of benzene rings is 3. The van der Waals surface area contributed by atoms with Gasteiger partial charge in [0.1, 0.15) is 11.6 Å². The monoisotopic (exact) mass is 531 g/mol. The molecule has 0 aliphatic carbocycles. The van der Waals surface area contributed by atoms with Crippen LogP contribution in [0.1, 0.15) is 59.8 Å². The molecule has 196 valence electrons. The van der Waals surface area contributed by atoms with E-state index in [1.807, 2.05) is 38.1 Å². The molecule has 1 fully saturated rings. The van der Waals surface area contributed by atoms with Crippen molar-refractivity contribution in [3.63, 3.8) is 0 Å². The van der Waals surface area contributed by atoms with E-state index in [1.165, 1.54) is 43.1 Å². The molecule has 3 nitrogen and oxygen atoms in total. The smallest absolute Gasteiger partial charge is 0.416 e. The normalized spacial score (nSPS) is 18.1. The van der Waals surface area contributed by atoms with Crippen LogP contribution in [-0.2, 0) is 12.7 Å². The number of aryl methyl sites for hydroxylation is 1. The van der Waals surface area contributed by atoms with Crippen molar-refractivity contribution in [2.24, 2.45) is 0 Å². The highest BCUT2D eigenvalue weighted by Crippen LogP contribution is 2.46. The van der Waals surface area contributed by atoms with Crippen LogP contribution < -0.4 is 4.74 Å². The molecule has 4 rings (SSSR count). The number of ether oxygens (including phenoxy) is 1. The van der Waals surface area contributed by atoms with Crippen LogP contribution in [0.4, 0.5) is 22.4 Å². The van der Waals surface area contributed by atoms with Gasteiger partial charge in [0.25, 0.3) is 5.24 Å². The number of amides is 1. The van der Waals surface area contributed by atoms with Crippen LogP contribution in [0.2, 0.25) is 0 Å². The summed E-state index contributed by atoms with van der Waals surface area (Å²) in [5.41, 5.74) is 2.75. The Kier molecular flexibility index (Phi) is 7.60. The zero-order valence-electron chi connectivity index (χ0n) is 21.3. The van der Waals surface area contributed by atoms with E-state index in [0.29, 0.717) is 16.7 Å². The third-order valence-corrected chi connectivity index (χ3v) is 8.12. The van der Waals surface area contributed by atoms with Gasteiger partial charge in [0.15, 0.2) is 0 Å². The third kappa shape index (κ3) is 5.49. The highest BCUT2D eigenvalue weighted by atomic mass is 32.2. The number of nitrogens with zero attached hydrogens (tertiary/aromatic N) is 1. The van der Waals surface area contributed by atoms with Crippen molar-refractivity contribution in [2.45, 2.75) is 57.6 Å². The fourth-order valence-corrected chi connectivity index (χ4v) is 6.05. The predicted molar refractivity (Wildman–Crippen MR) is 139 cm³/mol. The van der Waals surface area contributed by atoms with Crippen molar-refractivity contribution in [1.82, 2.24) is 4.90 Å². The first-order valence-electron chi connectivity index (χ1n) is 12.0. The molecule has 1 heterocycles. The van der Waals surface area contributed by atoms with Crippen molar-refractivity contribution >= 4 is 17.0 Å². The van der Waals surface area contributed by atoms with Crippen LogP contribution in [0.15, 0.2) is 54.6 Å². The first-order valence-corrected chi connectivity index (χ1v) is 12.9. The molecule has 2 unspecified atom stereocenters. The molecule has 37 heavy (non-hydrogen) atoms. The molecule has 0 N–H and O–H groups in total. The summed E-state index contributed by atoms with van der Waals surface area (Å²) in [4.78, 5) is 14.7. The largest absolute Gasteiger partial charge is 0.496 e. The van der Waals surface area contributed by atoms with Gasteiger partial charge in [0.2, 0.25) is 0 Å². The number of carbonyl (C=O) groups is 1. The van der Waals surface area contributed by atoms with E-state index in [0.717, 1.165) is 17.2 Å². The summed E-state index contributed by atoms with van der Waals surface area (Å²) in [5.74, 6) is -0.716. The van der Waals surface area contributed by atoms with Crippen LogP contribution in [0.3, 0.4) is 0 Å². The van der Waals surface area contributed by atoms with Gasteiger partial charge in [-0.05, 0) is 66.3 Å². The predicted octanol–water partition coefficient (Wildman–Crippen LogP) is 8.75. The maximum atomic E-state index is 14.2. The summed E-state index contributed by atoms with van der Waals surface area (Å²) in [5, 5.41) is -0.342. The average Bonchev–Trinajstić information content (AvgIpc) is 3.11. The van der Waals surface area contributed by atoms with Gasteiger partial charge in [-0.25, -0.2) is 4.39 Å². The highest BCUT2D eigenvalue weighted by Gasteiger charge is 2.40. The molecule has 2 atom stereocenters. The average molecular weight is 532 g/mol. The molecule has 0 aromatic heterocycles. The van der Waals surface area contributed by atoms with Gasteiger partial charge in [-0.15, -0.1) is 0 Å². The van der Waals surface area contributed by atoms with Crippen molar-refractivity contribution in [3.05, 3.63) is 88.2 Å². The SMILES string of the molecule is COc1cc(F)ccc1-c1cc(C(C)C)c(C(F)(F)F)cc1CN1C(=O)SC(c2cccc(C)c2)C1C. The number of methoxy groups -OCH3 is 1. The van der Waals surface area contributed by atoms with E-state index in [2.05, 4.69) is 0 Å². The van der Waals surface area contributed by atoms with Crippen molar-refractivity contribution in [1.29, 1.82) is 0 Å². The first kappa shape index (κ1) is 27.0. The molecule has 1 amide bonds. The maximum Gasteiger partial charge on any atom is 0.416 e. The Morgan fingerprint density at radius 1 is 1.05 bits per heavy atom. The molecule has 3 aromatic carbocycles. The molecule has 3 aromatic rings. The van der Waals surface area contributed by atoms with Gasteiger partial charge >= 0.3 is 6.18 Å². The van der Waals surface area contributed by atoms with Crippen LogP contribution >= 0.6 is 11.8 Å². The molecule has 1 aliphatic rings. The highest BCUT2D eigenvalue weighted by molar-refractivity contribution is 8.14. The minimum absolute atomic E-state index is 0.0212. The second kappa shape index (κ2) is 10.4. The van der Waals surface area contributed by atoms with E-state index >= 15 is 0 Å². The lowest BCUT2D eigenvalue weighted by Crippen LogP contribution is -2.31. The molecule has 0 radical (unpaired) electrons. The lowest BCUT2D eigenvalue weighted by molar-refractivity contribution is -0.138. The minimum Gasteiger partial charge on any atom is -0.496 e. The topological polar surface area (TPSA) is 29.5 Å². The Morgan fingerprint density at radius 2 is 1.78 bits per heavy atom.